The number of benzene rings is 2. The molecule has 2 aromatic carbocycles. The van der Waals surface area contributed by atoms with Crippen molar-refractivity contribution in [3.05, 3.63) is 57.2 Å². The van der Waals surface area contributed by atoms with Crippen LogP contribution in [0.2, 0.25) is 0 Å². The average Bonchev–Trinajstić information content (AvgIpc) is 3.02. The molecule has 0 saturated carbocycles. The molecule has 7 nitrogen and oxygen atoms in total. The van der Waals surface area contributed by atoms with Crippen LogP contribution in [0.25, 0.3) is 6.08 Å². The molecule has 0 aromatic heterocycles. The molecule has 0 aliphatic carbocycles. The number of ether oxygens (including phenoxy) is 2. The SMILES string of the molecule is C#CCN1C(=O)S/C(=C/c2cc(Br)c(OCC(=O)Nc3ccc(F)cc3)c(OCC)c2)C1=O. The van der Waals surface area contributed by atoms with Crippen LogP contribution in [0.15, 0.2) is 45.8 Å². The van der Waals surface area contributed by atoms with Crippen LogP contribution in [-0.2, 0) is 9.59 Å². The molecule has 2 aromatic rings. The van der Waals surface area contributed by atoms with Gasteiger partial charge in [-0.05, 0) is 82.7 Å². The third-order valence-electron chi connectivity index (χ3n) is 4.23. The number of amides is 3. The molecule has 3 amide bonds. The Balaban J connectivity index is 1.76. The largest absolute Gasteiger partial charge is 0.490 e. The number of halogens is 2. The number of carbonyl (C=O) groups is 3. The van der Waals surface area contributed by atoms with Gasteiger partial charge in [0, 0.05) is 5.69 Å². The fourth-order valence-corrected chi connectivity index (χ4v) is 4.23. The number of nitrogens with one attached hydrogen (secondary N) is 1. The van der Waals surface area contributed by atoms with E-state index in [1.54, 1.807) is 25.1 Å². The summed E-state index contributed by atoms with van der Waals surface area (Å²) in [5, 5.41) is 2.18. The molecule has 3 rings (SSSR count). The minimum atomic E-state index is -0.463. The van der Waals surface area contributed by atoms with Crippen molar-refractivity contribution >= 4 is 56.5 Å². The summed E-state index contributed by atoms with van der Waals surface area (Å²) in [5.41, 5.74) is 1.02. The number of carbonyl (C=O) groups excluding carboxylic acids is 3. The summed E-state index contributed by atoms with van der Waals surface area (Å²) >= 11 is 4.20. The average molecular weight is 533 g/mol. The molecule has 1 aliphatic rings. The first kappa shape index (κ1) is 24.4. The van der Waals surface area contributed by atoms with Gasteiger partial charge in [0.25, 0.3) is 17.1 Å². The normalized spacial score (nSPS) is 14.4. The lowest BCUT2D eigenvalue weighted by molar-refractivity contribution is -0.122. The third-order valence-corrected chi connectivity index (χ3v) is 5.72. The van der Waals surface area contributed by atoms with Crippen LogP contribution in [0.3, 0.4) is 0 Å². The smallest absolute Gasteiger partial charge is 0.294 e. The topological polar surface area (TPSA) is 84.9 Å². The number of hydrogen-bond donors (Lipinski definition) is 1. The predicted octanol–water partition coefficient (Wildman–Crippen LogP) is 4.67. The van der Waals surface area contributed by atoms with E-state index in [4.69, 9.17) is 15.9 Å². The van der Waals surface area contributed by atoms with Crippen molar-refractivity contribution in [3.63, 3.8) is 0 Å². The molecule has 33 heavy (non-hydrogen) atoms. The molecule has 10 heteroatoms. The summed E-state index contributed by atoms with van der Waals surface area (Å²) in [4.78, 5) is 37.8. The van der Waals surface area contributed by atoms with Crippen LogP contribution in [0.1, 0.15) is 12.5 Å². The Morgan fingerprint density at radius 2 is 2.00 bits per heavy atom. The number of hydrogen-bond acceptors (Lipinski definition) is 6. The standard InChI is InChI=1S/C23H18BrFN2O5S/c1-3-9-27-22(29)19(33-23(27)30)12-14-10-17(24)21(18(11-14)31-4-2)32-13-20(28)26-16-7-5-15(25)6-8-16/h1,5-8,10-12H,4,9,13H2,2H3,(H,26,28)/b19-12+. The molecule has 1 saturated heterocycles. The number of terminal acetylenes is 1. The van der Waals surface area contributed by atoms with Gasteiger partial charge in [0.2, 0.25) is 0 Å². The van der Waals surface area contributed by atoms with Crippen molar-refractivity contribution in [2.75, 3.05) is 25.1 Å². The first-order chi connectivity index (χ1) is 15.8. The zero-order valence-corrected chi connectivity index (χ0v) is 19.8. The van der Waals surface area contributed by atoms with E-state index in [1.807, 2.05) is 0 Å². The summed E-state index contributed by atoms with van der Waals surface area (Å²) < 4.78 is 24.8. The Bertz CT molecular complexity index is 1160. The van der Waals surface area contributed by atoms with Crippen LogP contribution in [0.4, 0.5) is 14.9 Å². The van der Waals surface area contributed by atoms with Gasteiger partial charge in [0.05, 0.1) is 22.5 Å². The van der Waals surface area contributed by atoms with Crippen LogP contribution >= 0.6 is 27.7 Å². The predicted molar refractivity (Wildman–Crippen MR) is 127 cm³/mol. The minimum Gasteiger partial charge on any atom is -0.490 e. The Morgan fingerprint density at radius 1 is 1.27 bits per heavy atom. The lowest BCUT2D eigenvalue weighted by Crippen LogP contribution is -2.28. The first-order valence-electron chi connectivity index (χ1n) is 9.65. The fraction of sp³-hybridized carbons (Fsp3) is 0.174. The van der Waals surface area contributed by atoms with E-state index in [1.165, 1.54) is 24.3 Å². The molecule has 0 bridgehead atoms. The van der Waals surface area contributed by atoms with Gasteiger partial charge in [0.15, 0.2) is 18.1 Å². The first-order valence-corrected chi connectivity index (χ1v) is 11.3. The highest BCUT2D eigenvalue weighted by atomic mass is 79.9. The van der Waals surface area contributed by atoms with Gasteiger partial charge in [-0.3, -0.25) is 19.3 Å². The van der Waals surface area contributed by atoms with E-state index in [9.17, 15) is 18.8 Å². The van der Waals surface area contributed by atoms with Gasteiger partial charge in [-0.15, -0.1) is 6.42 Å². The second-order valence-corrected chi connectivity index (χ2v) is 8.43. The maximum absolute atomic E-state index is 13.0. The van der Waals surface area contributed by atoms with Gasteiger partial charge in [-0.25, -0.2) is 4.39 Å². The maximum atomic E-state index is 13.0. The number of thioether (sulfide) groups is 1. The molecular weight excluding hydrogens is 515 g/mol. The van der Waals surface area contributed by atoms with Crippen LogP contribution < -0.4 is 14.8 Å². The van der Waals surface area contributed by atoms with Crippen molar-refractivity contribution in [1.82, 2.24) is 4.90 Å². The molecule has 0 spiro atoms. The van der Waals surface area contributed by atoms with Crippen molar-refractivity contribution in [3.8, 4) is 23.8 Å². The van der Waals surface area contributed by atoms with Crippen molar-refractivity contribution in [2.45, 2.75) is 6.92 Å². The monoisotopic (exact) mass is 532 g/mol. The maximum Gasteiger partial charge on any atom is 0.294 e. The zero-order valence-electron chi connectivity index (χ0n) is 17.4. The van der Waals surface area contributed by atoms with Gasteiger partial charge < -0.3 is 14.8 Å². The lowest BCUT2D eigenvalue weighted by Gasteiger charge is -2.15. The lowest BCUT2D eigenvalue weighted by atomic mass is 10.2. The molecule has 1 aliphatic heterocycles. The number of anilines is 1. The molecule has 170 valence electrons. The van der Waals surface area contributed by atoms with Crippen LogP contribution in [0, 0.1) is 18.2 Å². The van der Waals surface area contributed by atoms with Crippen LogP contribution in [0.5, 0.6) is 11.5 Å². The van der Waals surface area contributed by atoms with E-state index in [0.717, 1.165) is 16.7 Å². The Labute approximate surface area is 202 Å². The minimum absolute atomic E-state index is 0.0946. The van der Waals surface area contributed by atoms with Gasteiger partial charge >= 0.3 is 0 Å². The van der Waals surface area contributed by atoms with Crippen molar-refractivity contribution in [1.29, 1.82) is 0 Å². The quantitative estimate of drug-likeness (QED) is 0.392. The number of imide groups is 1. The van der Waals surface area contributed by atoms with Gasteiger partial charge in [0.1, 0.15) is 5.82 Å². The van der Waals surface area contributed by atoms with Crippen molar-refractivity contribution < 1.29 is 28.2 Å². The number of nitrogens with zero attached hydrogens (tertiary/aromatic N) is 1. The summed E-state index contributed by atoms with van der Waals surface area (Å²) in [6, 6.07) is 8.66. The Hall–Kier alpha value is -3.29. The Morgan fingerprint density at radius 3 is 2.67 bits per heavy atom. The molecule has 0 unspecified atom stereocenters. The van der Waals surface area contributed by atoms with Crippen molar-refractivity contribution in [2.24, 2.45) is 0 Å². The summed E-state index contributed by atoms with van der Waals surface area (Å²) in [5.74, 6) is 1.61. The molecule has 1 heterocycles. The van der Waals surface area contributed by atoms with E-state index >= 15 is 0 Å². The molecular formula is C23H18BrFN2O5S. The van der Waals surface area contributed by atoms with E-state index in [2.05, 4.69) is 27.2 Å². The highest BCUT2D eigenvalue weighted by Gasteiger charge is 2.34. The highest BCUT2D eigenvalue weighted by Crippen LogP contribution is 2.39. The number of rotatable bonds is 8. The van der Waals surface area contributed by atoms with E-state index < -0.39 is 22.9 Å². The summed E-state index contributed by atoms with van der Waals surface area (Å²) in [7, 11) is 0. The third kappa shape index (κ3) is 6.15. The zero-order chi connectivity index (χ0) is 24.0. The van der Waals surface area contributed by atoms with Gasteiger partial charge in [-0.2, -0.15) is 0 Å². The fourth-order valence-electron chi connectivity index (χ4n) is 2.82. The summed E-state index contributed by atoms with van der Waals surface area (Å²) in [6.07, 6.45) is 6.77. The Kier molecular flexibility index (Phi) is 8.14. The summed E-state index contributed by atoms with van der Waals surface area (Å²) in [6.45, 7) is 1.70. The van der Waals surface area contributed by atoms with Crippen LogP contribution in [-0.4, -0.2) is 41.7 Å². The second-order valence-electron chi connectivity index (χ2n) is 6.58. The molecule has 1 fully saturated rings. The second kappa shape index (κ2) is 11.0. The highest BCUT2D eigenvalue weighted by molar-refractivity contribution is 9.10. The molecule has 1 N–H and O–H groups in total. The molecule has 0 radical (unpaired) electrons. The van der Waals surface area contributed by atoms with E-state index in [0.29, 0.717) is 33.8 Å². The molecule has 0 atom stereocenters. The van der Waals surface area contributed by atoms with Gasteiger partial charge in [-0.1, -0.05) is 5.92 Å². The van der Waals surface area contributed by atoms with E-state index in [-0.39, 0.29) is 18.1 Å².